The fourth-order valence-electron chi connectivity index (χ4n) is 2.01. The Morgan fingerprint density at radius 1 is 0.913 bits per heavy atom. The smallest absolute Gasteiger partial charge is 0.254 e. The molecule has 0 spiro atoms. The van der Waals surface area contributed by atoms with E-state index in [1.807, 2.05) is 48.5 Å². The monoisotopic (exact) mass is 321 g/mol. The molecule has 2 aromatic heterocycles. The van der Waals surface area contributed by atoms with E-state index < -0.39 is 0 Å². The Hall–Kier alpha value is -2.66. The minimum atomic E-state index is -0.151. The van der Waals surface area contributed by atoms with Gasteiger partial charge in [0.1, 0.15) is 5.03 Å². The summed E-state index contributed by atoms with van der Waals surface area (Å²) in [7, 11) is 0. The van der Waals surface area contributed by atoms with Gasteiger partial charge in [-0.15, -0.1) is 0 Å². The zero-order chi connectivity index (χ0) is 15.9. The fourth-order valence-corrected chi connectivity index (χ4v) is 2.91. The van der Waals surface area contributed by atoms with Crippen LogP contribution in [-0.2, 0) is 6.54 Å². The maximum atomic E-state index is 12.4. The third-order valence-corrected chi connectivity index (χ3v) is 4.16. The topological polar surface area (TPSA) is 54.9 Å². The number of amides is 1. The van der Waals surface area contributed by atoms with Crippen LogP contribution in [0.1, 0.15) is 16.1 Å². The van der Waals surface area contributed by atoms with Gasteiger partial charge in [-0.3, -0.25) is 9.78 Å². The summed E-state index contributed by atoms with van der Waals surface area (Å²) in [5, 5.41) is 3.58. The number of hydrogen-bond donors (Lipinski definition) is 1. The van der Waals surface area contributed by atoms with Gasteiger partial charge in [0.15, 0.2) is 0 Å². The molecule has 0 unspecified atom stereocenters. The van der Waals surface area contributed by atoms with Crippen LogP contribution >= 0.6 is 11.8 Å². The predicted octanol–water partition coefficient (Wildman–Crippen LogP) is 3.56. The molecule has 0 aliphatic carbocycles. The standard InChI is InChI=1S/C18H15N3OS/c22-17(21-13-14-7-4-5-11-19-14)16-10-6-12-20-18(16)23-15-8-2-1-3-9-15/h1-12H,13H2,(H,21,22). The second-order valence-electron chi connectivity index (χ2n) is 4.77. The molecular formula is C18H15N3OS. The van der Waals surface area contributed by atoms with Gasteiger partial charge < -0.3 is 5.32 Å². The first-order chi connectivity index (χ1) is 11.3. The zero-order valence-electron chi connectivity index (χ0n) is 12.3. The summed E-state index contributed by atoms with van der Waals surface area (Å²) in [5.41, 5.74) is 1.39. The minimum Gasteiger partial charge on any atom is -0.346 e. The Kier molecular flexibility index (Phi) is 5.01. The van der Waals surface area contributed by atoms with Crippen molar-refractivity contribution in [2.45, 2.75) is 16.5 Å². The van der Waals surface area contributed by atoms with Gasteiger partial charge in [0.05, 0.1) is 17.8 Å². The fraction of sp³-hybridized carbons (Fsp3) is 0.0556. The van der Waals surface area contributed by atoms with Gasteiger partial charge in [-0.2, -0.15) is 0 Å². The molecule has 0 aliphatic rings. The number of pyridine rings is 2. The molecular weight excluding hydrogens is 306 g/mol. The first kappa shape index (κ1) is 15.2. The summed E-state index contributed by atoms with van der Waals surface area (Å²) in [6.45, 7) is 0.393. The molecule has 1 aromatic carbocycles. The number of rotatable bonds is 5. The van der Waals surface area contributed by atoms with E-state index in [0.717, 1.165) is 10.6 Å². The van der Waals surface area contributed by atoms with Crippen molar-refractivity contribution in [1.29, 1.82) is 0 Å². The highest BCUT2D eigenvalue weighted by Gasteiger charge is 2.13. The van der Waals surface area contributed by atoms with Crippen LogP contribution in [0.3, 0.4) is 0 Å². The van der Waals surface area contributed by atoms with Crippen LogP contribution < -0.4 is 5.32 Å². The van der Waals surface area contributed by atoms with Crippen LogP contribution in [0.2, 0.25) is 0 Å². The second-order valence-corrected chi connectivity index (χ2v) is 5.84. The SMILES string of the molecule is O=C(NCc1ccccn1)c1cccnc1Sc1ccccc1. The molecule has 0 aliphatic heterocycles. The number of hydrogen-bond acceptors (Lipinski definition) is 4. The van der Waals surface area contributed by atoms with Crippen molar-refractivity contribution in [3.05, 3.63) is 84.3 Å². The molecule has 0 saturated heterocycles. The van der Waals surface area contributed by atoms with Crippen LogP contribution in [0.15, 0.2) is 83.0 Å². The third kappa shape index (κ3) is 4.17. The molecule has 2 heterocycles. The maximum absolute atomic E-state index is 12.4. The van der Waals surface area contributed by atoms with Gasteiger partial charge in [0, 0.05) is 17.3 Å². The first-order valence-corrected chi connectivity index (χ1v) is 8.00. The van der Waals surface area contributed by atoms with Crippen LogP contribution in [0, 0.1) is 0 Å². The summed E-state index contributed by atoms with van der Waals surface area (Å²) in [6, 6.07) is 19.1. The van der Waals surface area contributed by atoms with E-state index in [1.165, 1.54) is 11.8 Å². The van der Waals surface area contributed by atoms with E-state index in [2.05, 4.69) is 15.3 Å². The number of nitrogens with zero attached hydrogens (tertiary/aromatic N) is 2. The summed E-state index contributed by atoms with van der Waals surface area (Å²) in [4.78, 5) is 22.0. The van der Waals surface area contributed by atoms with Crippen LogP contribution in [-0.4, -0.2) is 15.9 Å². The molecule has 0 radical (unpaired) electrons. The molecule has 1 amide bonds. The molecule has 3 rings (SSSR count). The highest BCUT2D eigenvalue weighted by atomic mass is 32.2. The van der Waals surface area contributed by atoms with Gasteiger partial charge in [0.2, 0.25) is 0 Å². The summed E-state index contributed by atoms with van der Waals surface area (Å²) in [6.07, 6.45) is 3.41. The van der Waals surface area contributed by atoms with Crippen molar-refractivity contribution < 1.29 is 4.79 Å². The normalized spacial score (nSPS) is 10.3. The number of carbonyl (C=O) groups is 1. The lowest BCUT2D eigenvalue weighted by atomic mass is 10.2. The number of aromatic nitrogens is 2. The minimum absolute atomic E-state index is 0.151. The molecule has 1 N–H and O–H groups in total. The van der Waals surface area contributed by atoms with E-state index >= 15 is 0 Å². The van der Waals surface area contributed by atoms with Crippen molar-refractivity contribution in [2.75, 3.05) is 0 Å². The van der Waals surface area contributed by atoms with Gasteiger partial charge >= 0.3 is 0 Å². The summed E-state index contributed by atoms with van der Waals surface area (Å²) >= 11 is 1.48. The van der Waals surface area contributed by atoms with Crippen molar-refractivity contribution in [2.24, 2.45) is 0 Å². The van der Waals surface area contributed by atoms with E-state index in [-0.39, 0.29) is 5.91 Å². The Balaban J connectivity index is 1.73. The van der Waals surface area contributed by atoms with Crippen molar-refractivity contribution in [1.82, 2.24) is 15.3 Å². The number of nitrogens with one attached hydrogen (secondary N) is 1. The molecule has 0 atom stereocenters. The second kappa shape index (κ2) is 7.56. The lowest BCUT2D eigenvalue weighted by Crippen LogP contribution is -2.24. The largest absolute Gasteiger partial charge is 0.346 e. The maximum Gasteiger partial charge on any atom is 0.254 e. The van der Waals surface area contributed by atoms with Crippen LogP contribution in [0.25, 0.3) is 0 Å². The van der Waals surface area contributed by atoms with Crippen molar-refractivity contribution >= 4 is 17.7 Å². The average Bonchev–Trinajstić information content (AvgIpc) is 2.62. The third-order valence-electron chi connectivity index (χ3n) is 3.13. The molecule has 0 saturated carbocycles. The highest BCUT2D eigenvalue weighted by molar-refractivity contribution is 7.99. The Labute approximate surface area is 139 Å². The Bertz CT molecular complexity index is 779. The predicted molar refractivity (Wildman–Crippen MR) is 90.2 cm³/mol. The van der Waals surface area contributed by atoms with Crippen molar-refractivity contribution in [3.63, 3.8) is 0 Å². The highest BCUT2D eigenvalue weighted by Crippen LogP contribution is 2.28. The quantitative estimate of drug-likeness (QED) is 0.781. The molecule has 4 nitrogen and oxygen atoms in total. The van der Waals surface area contributed by atoms with Crippen molar-refractivity contribution in [3.8, 4) is 0 Å². The molecule has 0 bridgehead atoms. The van der Waals surface area contributed by atoms with E-state index in [0.29, 0.717) is 17.1 Å². The van der Waals surface area contributed by atoms with Crippen LogP contribution in [0.4, 0.5) is 0 Å². The molecule has 3 aromatic rings. The average molecular weight is 321 g/mol. The van der Waals surface area contributed by atoms with E-state index in [9.17, 15) is 4.79 Å². The van der Waals surface area contributed by atoms with Gasteiger partial charge in [-0.25, -0.2) is 4.98 Å². The van der Waals surface area contributed by atoms with E-state index in [1.54, 1.807) is 24.5 Å². The molecule has 5 heteroatoms. The number of benzene rings is 1. The van der Waals surface area contributed by atoms with E-state index in [4.69, 9.17) is 0 Å². The first-order valence-electron chi connectivity index (χ1n) is 7.19. The zero-order valence-corrected chi connectivity index (χ0v) is 13.2. The lowest BCUT2D eigenvalue weighted by Gasteiger charge is -2.08. The number of carbonyl (C=O) groups excluding carboxylic acids is 1. The van der Waals surface area contributed by atoms with Gasteiger partial charge in [-0.1, -0.05) is 36.0 Å². The molecule has 23 heavy (non-hydrogen) atoms. The van der Waals surface area contributed by atoms with Crippen LogP contribution in [0.5, 0.6) is 0 Å². The van der Waals surface area contributed by atoms with Gasteiger partial charge in [0.25, 0.3) is 5.91 Å². The van der Waals surface area contributed by atoms with Gasteiger partial charge in [-0.05, 0) is 36.4 Å². The Morgan fingerprint density at radius 2 is 1.70 bits per heavy atom. The summed E-state index contributed by atoms with van der Waals surface area (Å²) < 4.78 is 0. The summed E-state index contributed by atoms with van der Waals surface area (Å²) in [5.74, 6) is -0.151. The molecule has 114 valence electrons. The lowest BCUT2D eigenvalue weighted by molar-refractivity contribution is 0.0947. The Morgan fingerprint density at radius 3 is 2.48 bits per heavy atom. The molecule has 0 fully saturated rings.